The first kappa shape index (κ1) is 18.6. The molecular weight excluding hydrogens is 322 g/mol. The van der Waals surface area contributed by atoms with Gasteiger partial charge in [0.05, 0.1) is 7.11 Å². The zero-order valence-corrected chi connectivity index (χ0v) is 13.5. The molecule has 0 bridgehead atoms. The van der Waals surface area contributed by atoms with Gasteiger partial charge in [0.25, 0.3) is 5.91 Å². The van der Waals surface area contributed by atoms with Crippen molar-refractivity contribution < 1.29 is 14.3 Å². The highest BCUT2D eigenvalue weighted by molar-refractivity contribution is 5.97. The number of halogens is 1. The number of rotatable bonds is 5. The summed E-state index contributed by atoms with van der Waals surface area (Å²) in [6, 6.07) is 8.97. The molecule has 2 aromatic rings. The number of carbonyl (C=O) groups is 2. The van der Waals surface area contributed by atoms with E-state index >= 15 is 0 Å². The predicted octanol–water partition coefficient (Wildman–Crippen LogP) is 0.755. The molecule has 0 saturated heterocycles. The molecule has 8 nitrogen and oxygen atoms in total. The van der Waals surface area contributed by atoms with Gasteiger partial charge >= 0.3 is 5.97 Å². The van der Waals surface area contributed by atoms with Gasteiger partial charge in [0, 0.05) is 0 Å². The molecule has 23 heavy (non-hydrogen) atoms. The van der Waals surface area contributed by atoms with Crippen molar-refractivity contribution in [2.45, 2.75) is 18.9 Å². The van der Waals surface area contributed by atoms with Crippen molar-refractivity contribution in [3.63, 3.8) is 0 Å². The monoisotopic (exact) mass is 339 g/mol. The lowest BCUT2D eigenvalue weighted by Gasteiger charge is -2.23. The van der Waals surface area contributed by atoms with Crippen molar-refractivity contribution >= 4 is 30.2 Å². The van der Waals surface area contributed by atoms with Crippen molar-refractivity contribution in [2.75, 3.05) is 12.4 Å². The van der Waals surface area contributed by atoms with Crippen molar-refractivity contribution in [1.82, 2.24) is 15.2 Å². The molecule has 4 N–H and O–H groups in total. The van der Waals surface area contributed by atoms with Crippen LogP contribution in [0.25, 0.3) is 0 Å². The number of aromatic amines is 1. The van der Waals surface area contributed by atoms with Crippen LogP contribution in [0.1, 0.15) is 18.3 Å². The second kappa shape index (κ2) is 7.70. The maximum absolute atomic E-state index is 12.3. The third-order valence-corrected chi connectivity index (χ3v) is 3.14. The van der Waals surface area contributed by atoms with E-state index in [2.05, 4.69) is 25.2 Å². The number of H-pyrrole nitrogens is 1. The Kier molecular flexibility index (Phi) is 6.23. The van der Waals surface area contributed by atoms with Gasteiger partial charge in [0.1, 0.15) is 17.8 Å². The molecule has 0 radical (unpaired) electrons. The van der Waals surface area contributed by atoms with Crippen LogP contribution in [0.4, 0.5) is 5.95 Å². The minimum absolute atomic E-state index is 0. The Hall–Kier alpha value is -2.45. The summed E-state index contributed by atoms with van der Waals surface area (Å²) in [7, 11) is 1.28. The van der Waals surface area contributed by atoms with Crippen LogP contribution in [0.2, 0.25) is 0 Å². The highest BCUT2D eigenvalue weighted by Crippen LogP contribution is 2.18. The molecule has 124 valence electrons. The first-order valence-electron chi connectivity index (χ1n) is 6.57. The Morgan fingerprint density at radius 2 is 2.00 bits per heavy atom. The van der Waals surface area contributed by atoms with E-state index in [9.17, 15) is 9.59 Å². The number of aromatic nitrogens is 3. The first-order chi connectivity index (χ1) is 10.4. The molecule has 1 amide bonds. The number of nitrogens with one attached hydrogen (secondary N) is 2. The van der Waals surface area contributed by atoms with Crippen molar-refractivity contribution in [1.29, 1.82) is 0 Å². The molecule has 1 atom stereocenters. The van der Waals surface area contributed by atoms with Crippen LogP contribution < -0.4 is 11.1 Å². The highest BCUT2D eigenvalue weighted by atomic mass is 35.5. The second-order valence-electron chi connectivity index (χ2n) is 4.88. The predicted molar refractivity (Wildman–Crippen MR) is 86.0 cm³/mol. The molecule has 0 spiro atoms. The Balaban J connectivity index is 0.00000264. The molecule has 0 aliphatic rings. The molecule has 2 rings (SSSR count). The number of methoxy groups -OCH3 is 1. The van der Waals surface area contributed by atoms with E-state index in [4.69, 9.17) is 5.73 Å². The van der Waals surface area contributed by atoms with Gasteiger partial charge in [-0.15, -0.1) is 17.5 Å². The Bertz CT molecular complexity index is 672. The Morgan fingerprint density at radius 3 is 2.61 bits per heavy atom. The van der Waals surface area contributed by atoms with Gasteiger partial charge in [0.2, 0.25) is 5.95 Å². The average Bonchev–Trinajstić information content (AvgIpc) is 2.95. The van der Waals surface area contributed by atoms with E-state index < -0.39 is 17.4 Å². The van der Waals surface area contributed by atoms with Gasteiger partial charge < -0.3 is 10.5 Å². The van der Waals surface area contributed by atoms with Crippen LogP contribution >= 0.6 is 12.4 Å². The SMILES string of the molecule is COC(=O)Cc1nc(NC(=O)C(C)(N)c2ccccc2)n[nH]1.Cl. The standard InChI is InChI=1S/C14H17N5O3.ClH/c1-14(15,9-6-4-3-5-7-9)12(21)17-13-16-10(18-19-13)8-11(20)22-2;/h3-7H,8,15H2,1-2H3,(H2,16,17,18,19,21);1H. The smallest absolute Gasteiger partial charge is 0.313 e. The van der Waals surface area contributed by atoms with Gasteiger partial charge in [-0.05, 0) is 12.5 Å². The maximum Gasteiger partial charge on any atom is 0.313 e. The third-order valence-electron chi connectivity index (χ3n) is 3.14. The van der Waals surface area contributed by atoms with E-state index in [1.54, 1.807) is 31.2 Å². The number of nitrogens with two attached hydrogens (primary N) is 1. The fourth-order valence-electron chi connectivity index (χ4n) is 1.79. The number of carbonyl (C=O) groups excluding carboxylic acids is 2. The molecule has 0 saturated carbocycles. The molecule has 1 heterocycles. The summed E-state index contributed by atoms with van der Waals surface area (Å²) < 4.78 is 4.52. The van der Waals surface area contributed by atoms with Gasteiger partial charge in [-0.1, -0.05) is 30.3 Å². The summed E-state index contributed by atoms with van der Waals surface area (Å²) in [4.78, 5) is 27.4. The lowest BCUT2D eigenvalue weighted by Crippen LogP contribution is -2.45. The molecular formula is C14H18ClN5O3. The van der Waals surface area contributed by atoms with E-state index in [1.165, 1.54) is 7.11 Å². The van der Waals surface area contributed by atoms with Crippen LogP contribution in [-0.2, 0) is 26.3 Å². The van der Waals surface area contributed by atoms with E-state index in [-0.39, 0.29) is 24.8 Å². The van der Waals surface area contributed by atoms with Crippen LogP contribution in [0.15, 0.2) is 30.3 Å². The van der Waals surface area contributed by atoms with Gasteiger partial charge in [-0.25, -0.2) is 0 Å². The number of hydrogen-bond acceptors (Lipinski definition) is 6. The van der Waals surface area contributed by atoms with Crippen molar-refractivity contribution in [3.8, 4) is 0 Å². The number of ether oxygens (including phenoxy) is 1. The quantitative estimate of drug-likeness (QED) is 0.691. The number of hydrogen-bond donors (Lipinski definition) is 3. The van der Waals surface area contributed by atoms with Gasteiger partial charge in [-0.3, -0.25) is 20.0 Å². The largest absolute Gasteiger partial charge is 0.469 e. The van der Waals surface area contributed by atoms with Crippen LogP contribution in [0.5, 0.6) is 0 Å². The summed E-state index contributed by atoms with van der Waals surface area (Å²) in [6.45, 7) is 1.60. The first-order valence-corrected chi connectivity index (χ1v) is 6.57. The van der Waals surface area contributed by atoms with Crippen LogP contribution in [0, 0.1) is 0 Å². The average molecular weight is 340 g/mol. The fourth-order valence-corrected chi connectivity index (χ4v) is 1.79. The van der Waals surface area contributed by atoms with Crippen molar-refractivity contribution in [3.05, 3.63) is 41.7 Å². The lowest BCUT2D eigenvalue weighted by molar-refractivity contribution is -0.139. The second-order valence-corrected chi connectivity index (χ2v) is 4.88. The normalized spacial score (nSPS) is 12.7. The molecule has 1 unspecified atom stereocenters. The van der Waals surface area contributed by atoms with Crippen LogP contribution in [0.3, 0.4) is 0 Å². The molecule has 9 heteroatoms. The molecule has 1 aromatic heterocycles. The molecule has 0 fully saturated rings. The summed E-state index contributed by atoms with van der Waals surface area (Å²) in [6.07, 6.45) is -0.0576. The van der Waals surface area contributed by atoms with Gasteiger partial charge in [0.15, 0.2) is 0 Å². The summed E-state index contributed by atoms with van der Waals surface area (Å²) in [5, 5.41) is 8.89. The molecule has 1 aromatic carbocycles. The zero-order chi connectivity index (χ0) is 16.2. The number of nitrogens with zero attached hydrogens (tertiary/aromatic N) is 2. The summed E-state index contributed by atoms with van der Waals surface area (Å²) in [5.74, 6) is -0.568. The highest BCUT2D eigenvalue weighted by Gasteiger charge is 2.31. The fraction of sp³-hybridized carbons (Fsp3) is 0.286. The summed E-state index contributed by atoms with van der Waals surface area (Å²) in [5.41, 5.74) is 5.52. The maximum atomic E-state index is 12.3. The Labute approximate surface area is 139 Å². The number of amides is 1. The topological polar surface area (TPSA) is 123 Å². The number of benzene rings is 1. The molecule has 0 aliphatic carbocycles. The molecule has 0 aliphatic heterocycles. The van der Waals surface area contributed by atoms with E-state index in [1.807, 2.05) is 6.07 Å². The number of anilines is 1. The lowest BCUT2D eigenvalue weighted by atomic mass is 9.92. The third kappa shape index (κ3) is 4.51. The van der Waals surface area contributed by atoms with Gasteiger partial charge in [-0.2, -0.15) is 4.98 Å². The number of esters is 1. The minimum atomic E-state index is -1.23. The summed E-state index contributed by atoms with van der Waals surface area (Å²) >= 11 is 0. The van der Waals surface area contributed by atoms with E-state index in [0.29, 0.717) is 11.4 Å². The van der Waals surface area contributed by atoms with Crippen molar-refractivity contribution in [2.24, 2.45) is 5.73 Å². The minimum Gasteiger partial charge on any atom is -0.469 e. The van der Waals surface area contributed by atoms with E-state index in [0.717, 1.165) is 0 Å². The zero-order valence-electron chi connectivity index (χ0n) is 12.7. The van der Waals surface area contributed by atoms with Crippen LogP contribution in [-0.4, -0.2) is 34.2 Å². The Morgan fingerprint density at radius 1 is 1.35 bits per heavy atom.